The Bertz CT molecular complexity index is 732. The minimum Gasteiger partial charge on any atom is -0.345 e. The van der Waals surface area contributed by atoms with Crippen molar-refractivity contribution in [2.75, 3.05) is 6.26 Å². The van der Waals surface area contributed by atoms with Crippen LogP contribution in [-0.4, -0.2) is 22.1 Å². The van der Waals surface area contributed by atoms with Gasteiger partial charge in [0.25, 0.3) is 5.91 Å². The largest absolute Gasteiger partial charge is 0.345 e. The van der Waals surface area contributed by atoms with Crippen LogP contribution in [0.4, 0.5) is 0 Å². The molecule has 2 rings (SSSR count). The highest BCUT2D eigenvalue weighted by Crippen LogP contribution is 2.24. The van der Waals surface area contributed by atoms with Crippen molar-refractivity contribution in [1.82, 2.24) is 15.3 Å². The lowest BCUT2D eigenvalue weighted by Crippen LogP contribution is -2.28. The fourth-order valence-corrected chi connectivity index (χ4v) is 3.09. The molecule has 1 unspecified atom stereocenters. The zero-order chi connectivity index (χ0) is 17.9. The quantitative estimate of drug-likeness (QED) is 0.613. The Kier molecular flexibility index (Phi) is 6.24. The summed E-state index contributed by atoms with van der Waals surface area (Å²) in [4.78, 5) is 21.8. The Balaban J connectivity index is 2.27. The molecule has 0 radical (unpaired) electrons. The summed E-state index contributed by atoms with van der Waals surface area (Å²) >= 11 is 7.38. The fourth-order valence-electron chi connectivity index (χ4n) is 2.34. The third-order valence-corrected chi connectivity index (χ3v) is 4.66. The van der Waals surface area contributed by atoms with Gasteiger partial charge in [-0.2, -0.15) is 0 Å². The molecule has 128 valence electrons. The van der Waals surface area contributed by atoms with Gasteiger partial charge in [-0.1, -0.05) is 37.6 Å². The third-order valence-electron chi connectivity index (χ3n) is 3.73. The van der Waals surface area contributed by atoms with Gasteiger partial charge in [0.05, 0.1) is 17.3 Å². The number of nitrogens with one attached hydrogen (secondary N) is 1. The molecule has 1 N–H and O–H groups in total. The number of halogens is 1. The maximum atomic E-state index is 12.7. The predicted molar refractivity (Wildman–Crippen MR) is 100.0 cm³/mol. The number of nitrogens with zero attached hydrogens (tertiary/aromatic N) is 2. The molecule has 0 bridgehead atoms. The first-order valence-corrected chi connectivity index (χ1v) is 9.42. The number of benzene rings is 1. The van der Waals surface area contributed by atoms with Crippen LogP contribution in [-0.2, 0) is 0 Å². The molecule has 0 fully saturated rings. The molecular formula is C18H22ClN3OS. The minimum atomic E-state index is -0.158. The van der Waals surface area contributed by atoms with Crippen LogP contribution in [0, 0.1) is 6.92 Å². The van der Waals surface area contributed by atoms with E-state index in [0.29, 0.717) is 21.3 Å². The van der Waals surface area contributed by atoms with Crippen LogP contribution in [0.15, 0.2) is 29.3 Å². The van der Waals surface area contributed by atoms with Crippen molar-refractivity contribution in [3.05, 3.63) is 51.9 Å². The predicted octanol–water partition coefficient (Wildman–Crippen LogP) is 4.77. The van der Waals surface area contributed by atoms with Crippen molar-refractivity contribution >= 4 is 29.3 Å². The van der Waals surface area contributed by atoms with E-state index in [1.54, 1.807) is 0 Å². The lowest BCUT2D eigenvalue weighted by molar-refractivity contribution is 0.0935. The summed E-state index contributed by atoms with van der Waals surface area (Å²) < 4.78 is 0. The summed E-state index contributed by atoms with van der Waals surface area (Å²) in [5.41, 5.74) is 2.25. The van der Waals surface area contributed by atoms with Gasteiger partial charge in [-0.3, -0.25) is 4.79 Å². The molecule has 0 aliphatic heterocycles. The van der Waals surface area contributed by atoms with Gasteiger partial charge < -0.3 is 5.32 Å². The average molecular weight is 364 g/mol. The van der Waals surface area contributed by atoms with Crippen molar-refractivity contribution in [2.45, 2.75) is 44.7 Å². The monoisotopic (exact) mass is 363 g/mol. The first kappa shape index (κ1) is 18.7. The van der Waals surface area contributed by atoms with E-state index >= 15 is 0 Å². The van der Waals surface area contributed by atoms with Crippen molar-refractivity contribution in [3.63, 3.8) is 0 Å². The second-order valence-electron chi connectivity index (χ2n) is 5.95. The Morgan fingerprint density at radius 2 is 1.79 bits per heavy atom. The van der Waals surface area contributed by atoms with E-state index in [1.165, 1.54) is 11.8 Å². The Morgan fingerprint density at radius 1 is 1.17 bits per heavy atom. The van der Waals surface area contributed by atoms with E-state index in [1.807, 2.05) is 58.2 Å². The summed E-state index contributed by atoms with van der Waals surface area (Å²) in [7, 11) is 0. The number of rotatable bonds is 5. The van der Waals surface area contributed by atoms with Crippen LogP contribution in [0.3, 0.4) is 0 Å². The zero-order valence-corrected chi connectivity index (χ0v) is 16.1. The van der Waals surface area contributed by atoms with Crippen molar-refractivity contribution < 1.29 is 4.79 Å². The summed E-state index contributed by atoms with van der Waals surface area (Å²) in [5.74, 6) is 0.827. The van der Waals surface area contributed by atoms with Gasteiger partial charge in [0.2, 0.25) is 0 Å². The molecule has 0 aliphatic rings. The van der Waals surface area contributed by atoms with Gasteiger partial charge in [0, 0.05) is 10.9 Å². The highest BCUT2D eigenvalue weighted by Gasteiger charge is 2.21. The molecule has 4 nitrogen and oxygen atoms in total. The number of aryl methyl sites for hydroxylation is 1. The van der Waals surface area contributed by atoms with Gasteiger partial charge >= 0.3 is 0 Å². The lowest BCUT2D eigenvalue weighted by Gasteiger charge is -2.17. The molecule has 0 saturated carbocycles. The molecule has 2 aromatic rings. The standard InChI is InChI=1S/C18H22ClN3OS/c1-10(2)16-20-12(4)15(18(22-16)24-5)17(23)21-11(3)13-6-8-14(19)9-7-13/h6-11H,1-5H3,(H,21,23). The highest BCUT2D eigenvalue weighted by molar-refractivity contribution is 7.98. The summed E-state index contributed by atoms with van der Waals surface area (Å²) in [6.45, 7) is 7.89. The topological polar surface area (TPSA) is 54.9 Å². The van der Waals surface area contributed by atoms with E-state index in [2.05, 4.69) is 15.3 Å². The molecule has 0 spiro atoms. The minimum absolute atomic E-state index is 0.131. The number of hydrogen-bond acceptors (Lipinski definition) is 4. The van der Waals surface area contributed by atoms with Crippen LogP contribution < -0.4 is 5.32 Å². The van der Waals surface area contributed by atoms with E-state index < -0.39 is 0 Å². The van der Waals surface area contributed by atoms with Crippen LogP contribution >= 0.6 is 23.4 Å². The highest BCUT2D eigenvalue weighted by atomic mass is 35.5. The summed E-state index contributed by atoms with van der Waals surface area (Å²) in [6, 6.07) is 7.33. The average Bonchev–Trinajstić information content (AvgIpc) is 2.54. The van der Waals surface area contributed by atoms with E-state index in [9.17, 15) is 4.79 Å². The summed E-state index contributed by atoms with van der Waals surface area (Å²) in [5, 5.41) is 4.41. The number of hydrogen-bond donors (Lipinski definition) is 1. The first-order chi connectivity index (χ1) is 11.3. The fraction of sp³-hybridized carbons (Fsp3) is 0.389. The van der Waals surface area contributed by atoms with Crippen LogP contribution in [0.1, 0.15) is 60.2 Å². The number of aromatic nitrogens is 2. The maximum Gasteiger partial charge on any atom is 0.256 e. The Labute approximate surface area is 152 Å². The third kappa shape index (κ3) is 4.28. The van der Waals surface area contributed by atoms with E-state index in [-0.39, 0.29) is 17.9 Å². The molecule has 1 aromatic heterocycles. The summed E-state index contributed by atoms with van der Waals surface area (Å²) in [6.07, 6.45) is 1.92. The molecule has 1 amide bonds. The lowest BCUT2D eigenvalue weighted by atomic mass is 10.1. The van der Waals surface area contributed by atoms with Gasteiger partial charge in [-0.05, 0) is 37.8 Å². The molecule has 1 heterocycles. The van der Waals surface area contributed by atoms with Crippen molar-refractivity contribution in [2.24, 2.45) is 0 Å². The Morgan fingerprint density at radius 3 is 2.33 bits per heavy atom. The SMILES string of the molecule is CSc1nc(C(C)C)nc(C)c1C(=O)NC(C)c1ccc(Cl)cc1. The number of amides is 1. The smallest absolute Gasteiger partial charge is 0.256 e. The zero-order valence-electron chi connectivity index (χ0n) is 14.6. The van der Waals surface area contributed by atoms with Crippen molar-refractivity contribution in [3.8, 4) is 0 Å². The first-order valence-electron chi connectivity index (χ1n) is 7.82. The molecule has 0 saturated heterocycles. The number of carbonyl (C=O) groups excluding carboxylic acids is 1. The maximum absolute atomic E-state index is 12.7. The molecule has 24 heavy (non-hydrogen) atoms. The number of carbonyl (C=O) groups is 1. The van der Waals surface area contributed by atoms with Gasteiger partial charge in [0.15, 0.2) is 0 Å². The normalized spacial score (nSPS) is 12.3. The van der Waals surface area contributed by atoms with E-state index in [4.69, 9.17) is 11.6 Å². The molecule has 1 atom stereocenters. The van der Waals surface area contributed by atoms with Crippen LogP contribution in [0.5, 0.6) is 0 Å². The van der Waals surface area contributed by atoms with Gasteiger partial charge in [-0.15, -0.1) is 11.8 Å². The number of thioether (sulfide) groups is 1. The van der Waals surface area contributed by atoms with Crippen LogP contribution in [0.2, 0.25) is 5.02 Å². The van der Waals surface area contributed by atoms with Gasteiger partial charge in [0.1, 0.15) is 10.9 Å². The van der Waals surface area contributed by atoms with Crippen molar-refractivity contribution in [1.29, 1.82) is 0 Å². The molecule has 6 heteroatoms. The molecule has 1 aromatic carbocycles. The van der Waals surface area contributed by atoms with Gasteiger partial charge in [-0.25, -0.2) is 9.97 Å². The second kappa shape index (κ2) is 7.99. The van der Waals surface area contributed by atoms with E-state index in [0.717, 1.165) is 11.4 Å². The second-order valence-corrected chi connectivity index (χ2v) is 7.18. The molecule has 0 aliphatic carbocycles. The molecular weight excluding hydrogens is 342 g/mol. The van der Waals surface area contributed by atoms with Crippen LogP contribution in [0.25, 0.3) is 0 Å². The Hall–Kier alpha value is -1.59.